The highest BCUT2D eigenvalue weighted by atomic mass is 16.5. The van der Waals surface area contributed by atoms with E-state index in [1.54, 1.807) is 7.11 Å². The van der Waals surface area contributed by atoms with Crippen LogP contribution in [0.4, 0.5) is 0 Å². The largest absolute Gasteiger partial charge is 0.383 e. The molecule has 1 saturated heterocycles. The van der Waals surface area contributed by atoms with Crippen LogP contribution < -0.4 is 5.32 Å². The molecule has 20 heavy (non-hydrogen) atoms. The van der Waals surface area contributed by atoms with Gasteiger partial charge in [-0.25, -0.2) is 0 Å². The number of methoxy groups -OCH3 is 1. The third-order valence-electron chi connectivity index (χ3n) is 3.97. The molecule has 1 N–H and O–H groups in total. The fraction of sp³-hybridized carbons (Fsp3) is 0.800. The minimum atomic E-state index is 0.330. The average molecular weight is 281 g/mol. The van der Waals surface area contributed by atoms with Gasteiger partial charge in [-0.05, 0) is 33.1 Å². The summed E-state index contributed by atoms with van der Waals surface area (Å²) in [5.41, 5.74) is 3.67. The summed E-state index contributed by atoms with van der Waals surface area (Å²) in [5.74, 6) is 0. The summed E-state index contributed by atoms with van der Waals surface area (Å²) in [6.45, 7) is 8.47. The fourth-order valence-electron chi connectivity index (χ4n) is 2.70. The monoisotopic (exact) mass is 281 g/mol. The van der Waals surface area contributed by atoms with Gasteiger partial charge in [0.15, 0.2) is 0 Å². The standard InChI is InChI=1S/C15H27N3O2/c1-12-15(10-16-7-9-19-3)13(2)18(17-12)11-14-6-4-5-8-20-14/h14,16H,4-11H2,1-3H3. The van der Waals surface area contributed by atoms with Crippen LogP contribution in [0.2, 0.25) is 0 Å². The van der Waals surface area contributed by atoms with Crippen LogP contribution in [0.5, 0.6) is 0 Å². The molecule has 1 aromatic rings. The highest BCUT2D eigenvalue weighted by Crippen LogP contribution is 2.18. The van der Waals surface area contributed by atoms with Gasteiger partial charge < -0.3 is 14.8 Å². The fourth-order valence-corrected chi connectivity index (χ4v) is 2.70. The Morgan fingerprint density at radius 3 is 2.95 bits per heavy atom. The second kappa shape index (κ2) is 7.76. The zero-order valence-corrected chi connectivity index (χ0v) is 12.9. The van der Waals surface area contributed by atoms with Gasteiger partial charge in [0.2, 0.25) is 0 Å². The van der Waals surface area contributed by atoms with Gasteiger partial charge in [0.1, 0.15) is 0 Å². The Labute approximate surface area is 121 Å². The maximum absolute atomic E-state index is 5.81. The maximum Gasteiger partial charge on any atom is 0.0771 e. The van der Waals surface area contributed by atoms with Crippen molar-refractivity contribution in [3.05, 3.63) is 17.0 Å². The first-order valence-electron chi connectivity index (χ1n) is 7.56. The van der Waals surface area contributed by atoms with Gasteiger partial charge in [-0.15, -0.1) is 0 Å². The first-order chi connectivity index (χ1) is 9.72. The summed E-state index contributed by atoms with van der Waals surface area (Å²) >= 11 is 0. The quantitative estimate of drug-likeness (QED) is 0.774. The molecule has 0 aliphatic carbocycles. The Balaban J connectivity index is 1.93. The van der Waals surface area contributed by atoms with Crippen molar-refractivity contribution >= 4 is 0 Å². The van der Waals surface area contributed by atoms with E-state index in [9.17, 15) is 0 Å². The molecule has 0 amide bonds. The molecule has 1 aromatic heterocycles. The van der Waals surface area contributed by atoms with E-state index < -0.39 is 0 Å². The maximum atomic E-state index is 5.81. The van der Waals surface area contributed by atoms with Gasteiger partial charge >= 0.3 is 0 Å². The van der Waals surface area contributed by atoms with Crippen LogP contribution in [-0.4, -0.2) is 42.8 Å². The number of aryl methyl sites for hydroxylation is 1. The number of nitrogens with zero attached hydrogens (tertiary/aromatic N) is 2. The number of hydrogen-bond donors (Lipinski definition) is 1. The normalized spacial score (nSPS) is 19.4. The lowest BCUT2D eigenvalue weighted by Gasteiger charge is -2.23. The summed E-state index contributed by atoms with van der Waals surface area (Å²) in [6.07, 6.45) is 3.95. The Kier molecular flexibility index (Phi) is 6.01. The summed E-state index contributed by atoms with van der Waals surface area (Å²) in [6, 6.07) is 0. The molecule has 0 aromatic carbocycles. The Morgan fingerprint density at radius 1 is 1.40 bits per heavy atom. The minimum absolute atomic E-state index is 0.330. The van der Waals surface area contributed by atoms with Crippen molar-refractivity contribution in [2.75, 3.05) is 26.9 Å². The predicted octanol–water partition coefficient (Wildman–Crippen LogP) is 1.81. The van der Waals surface area contributed by atoms with E-state index in [1.807, 2.05) is 0 Å². The third-order valence-corrected chi connectivity index (χ3v) is 3.97. The molecular formula is C15H27N3O2. The molecule has 0 radical (unpaired) electrons. The van der Waals surface area contributed by atoms with E-state index in [0.717, 1.165) is 45.0 Å². The van der Waals surface area contributed by atoms with Crippen molar-refractivity contribution < 1.29 is 9.47 Å². The molecule has 0 spiro atoms. The van der Waals surface area contributed by atoms with Crippen molar-refractivity contribution in [2.45, 2.75) is 52.3 Å². The van der Waals surface area contributed by atoms with Crippen molar-refractivity contribution in [1.82, 2.24) is 15.1 Å². The van der Waals surface area contributed by atoms with Crippen LogP contribution >= 0.6 is 0 Å². The average Bonchev–Trinajstić information content (AvgIpc) is 2.72. The molecule has 2 heterocycles. The lowest BCUT2D eigenvalue weighted by Crippen LogP contribution is -2.25. The van der Waals surface area contributed by atoms with Crippen LogP contribution in [0.25, 0.3) is 0 Å². The first kappa shape index (κ1) is 15.5. The van der Waals surface area contributed by atoms with Crippen molar-refractivity contribution in [2.24, 2.45) is 0 Å². The van der Waals surface area contributed by atoms with E-state index in [-0.39, 0.29) is 0 Å². The van der Waals surface area contributed by atoms with Crippen LogP contribution in [0.3, 0.4) is 0 Å². The van der Waals surface area contributed by atoms with Gasteiger partial charge in [-0.2, -0.15) is 5.10 Å². The van der Waals surface area contributed by atoms with Crippen LogP contribution in [-0.2, 0) is 22.6 Å². The number of aromatic nitrogens is 2. The summed E-state index contributed by atoms with van der Waals surface area (Å²) < 4.78 is 13.0. The predicted molar refractivity (Wildman–Crippen MR) is 78.9 cm³/mol. The smallest absolute Gasteiger partial charge is 0.0771 e. The number of rotatable bonds is 7. The van der Waals surface area contributed by atoms with Crippen molar-refractivity contribution in [3.63, 3.8) is 0 Å². The van der Waals surface area contributed by atoms with Gasteiger partial charge in [0.25, 0.3) is 0 Å². The molecule has 5 heteroatoms. The second-order valence-corrected chi connectivity index (χ2v) is 5.49. The second-order valence-electron chi connectivity index (χ2n) is 5.49. The molecule has 1 aliphatic rings. The molecule has 114 valence electrons. The molecule has 0 saturated carbocycles. The molecule has 1 unspecified atom stereocenters. The van der Waals surface area contributed by atoms with Gasteiger partial charge in [0.05, 0.1) is 24.9 Å². The SMILES string of the molecule is COCCNCc1c(C)nn(CC2CCCCO2)c1C. The summed E-state index contributed by atoms with van der Waals surface area (Å²) in [7, 11) is 1.72. The molecule has 2 rings (SSSR count). The highest BCUT2D eigenvalue weighted by molar-refractivity contribution is 5.24. The van der Waals surface area contributed by atoms with E-state index >= 15 is 0 Å². The zero-order valence-electron chi connectivity index (χ0n) is 12.9. The van der Waals surface area contributed by atoms with E-state index in [0.29, 0.717) is 6.10 Å². The topological polar surface area (TPSA) is 48.3 Å². The number of nitrogens with one attached hydrogen (secondary N) is 1. The molecule has 0 bridgehead atoms. The molecule has 1 aliphatic heterocycles. The summed E-state index contributed by atoms with van der Waals surface area (Å²) in [4.78, 5) is 0. The van der Waals surface area contributed by atoms with Crippen molar-refractivity contribution in [3.8, 4) is 0 Å². The Hall–Kier alpha value is -0.910. The Morgan fingerprint density at radius 2 is 2.25 bits per heavy atom. The number of ether oxygens (including phenoxy) is 2. The van der Waals surface area contributed by atoms with Gasteiger partial charge in [0, 0.05) is 38.1 Å². The van der Waals surface area contributed by atoms with Crippen molar-refractivity contribution in [1.29, 1.82) is 0 Å². The Bertz CT molecular complexity index is 411. The van der Waals surface area contributed by atoms with Gasteiger partial charge in [-0.1, -0.05) is 0 Å². The van der Waals surface area contributed by atoms with Gasteiger partial charge in [-0.3, -0.25) is 4.68 Å². The van der Waals surface area contributed by atoms with E-state index in [1.165, 1.54) is 24.1 Å². The van der Waals surface area contributed by atoms with Crippen LogP contribution in [0.15, 0.2) is 0 Å². The van der Waals surface area contributed by atoms with E-state index in [2.05, 4.69) is 28.9 Å². The molecular weight excluding hydrogens is 254 g/mol. The first-order valence-corrected chi connectivity index (χ1v) is 7.56. The van der Waals surface area contributed by atoms with E-state index in [4.69, 9.17) is 9.47 Å². The zero-order chi connectivity index (χ0) is 14.4. The lowest BCUT2D eigenvalue weighted by atomic mass is 10.1. The van der Waals surface area contributed by atoms with Crippen LogP contribution in [0, 0.1) is 13.8 Å². The molecule has 1 fully saturated rings. The molecule has 5 nitrogen and oxygen atoms in total. The number of hydrogen-bond acceptors (Lipinski definition) is 4. The highest BCUT2D eigenvalue weighted by Gasteiger charge is 2.18. The third kappa shape index (κ3) is 4.04. The minimum Gasteiger partial charge on any atom is -0.383 e. The summed E-state index contributed by atoms with van der Waals surface area (Å²) in [5, 5.41) is 8.06. The molecule has 1 atom stereocenters. The lowest BCUT2D eigenvalue weighted by molar-refractivity contribution is 0.00360. The van der Waals surface area contributed by atoms with Crippen LogP contribution in [0.1, 0.15) is 36.2 Å².